The minimum atomic E-state index is -0.607. The second-order valence-electron chi connectivity index (χ2n) is 4.67. The first-order valence-electron chi connectivity index (χ1n) is 6.20. The Morgan fingerprint density at radius 3 is 2.90 bits per heavy atom. The van der Waals surface area contributed by atoms with E-state index in [-0.39, 0.29) is 23.0 Å². The van der Waals surface area contributed by atoms with Crippen LogP contribution in [0.4, 0.5) is 5.69 Å². The Kier molecular flexibility index (Phi) is 5.70. The fourth-order valence-corrected chi connectivity index (χ4v) is 1.55. The number of ether oxygens (including phenoxy) is 1. The van der Waals surface area contributed by atoms with Crippen LogP contribution in [0.1, 0.15) is 32.3 Å². The van der Waals surface area contributed by atoms with Gasteiger partial charge in [0.05, 0.1) is 17.1 Å². The summed E-state index contributed by atoms with van der Waals surface area (Å²) in [6.45, 7) is 4.62. The number of nitrogens with two attached hydrogens (primary N) is 1. The molecule has 0 aliphatic carbocycles. The number of hydrogen-bond acceptors (Lipinski definition) is 6. The molecule has 110 valence electrons. The zero-order valence-electron chi connectivity index (χ0n) is 11.4. The van der Waals surface area contributed by atoms with Crippen LogP contribution < -0.4 is 10.5 Å². The second-order valence-corrected chi connectivity index (χ2v) is 4.67. The van der Waals surface area contributed by atoms with E-state index in [9.17, 15) is 10.1 Å². The SMILES string of the molecule is CC(C)CCCOc1ncc([N+](=O)[O-])cc1C(N)=NO. The molecule has 0 spiro atoms. The molecule has 0 bridgehead atoms. The Bertz CT molecular complexity index is 502. The molecule has 0 saturated heterocycles. The predicted molar refractivity (Wildman–Crippen MR) is 73.0 cm³/mol. The summed E-state index contributed by atoms with van der Waals surface area (Å²) >= 11 is 0. The molecule has 20 heavy (non-hydrogen) atoms. The highest BCUT2D eigenvalue weighted by Gasteiger charge is 2.16. The molecule has 3 N–H and O–H groups in total. The van der Waals surface area contributed by atoms with Crippen molar-refractivity contribution in [1.29, 1.82) is 0 Å². The monoisotopic (exact) mass is 282 g/mol. The van der Waals surface area contributed by atoms with Crippen LogP contribution in [0.3, 0.4) is 0 Å². The number of oxime groups is 1. The molecule has 8 nitrogen and oxygen atoms in total. The summed E-state index contributed by atoms with van der Waals surface area (Å²) in [6.07, 6.45) is 2.89. The van der Waals surface area contributed by atoms with Crippen LogP contribution in [0.2, 0.25) is 0 Å². The van der Waals surface area contributed by atoms with Gasteiger partial charge in [-0.1, -0.05) is 19.0 Å². The molecule has 0 aliphatic heterocycles. The van der Waals surface area contributed by atoms with Gasteiger partial charge < -0.3 is 15.7 Å². The summed E-state index contributed by atoms with van der Waals surface area (Å²) in [5, 5.41) is 22.2. The van der Waals surface area contributed by atoms with E-state index in [0.29, 0.717) is 12.5 Å². The molecular weight excluding hydrogens is 264 g/mol. The van der Waals surface area contributed by atoms with E-state index in [1.165, 1.54) is 6.07 Å². The predicted octanol–water partition coefficient (Wildman–Crippen LogP) is 1.90. The van der Waals surface area contributed by atoms with Gasteiger partial charge in [0, 0.05) is 6.07 Å². The molecule has 1 aromatic heterocycles. The van der Waals surface area contributed by atoms with E-state index < -0.39 is 4.92 Å². The van der Waals surface area contributed by atoms with E-state index >= 15 is 0 Å². The molecule has 0 saturated carbocycles. The van der Waals surface area contributed by atoms with E-state index in [0.717, 1.165) is 19.0 Å². The first-order valence-corrected chi connectivity index (χ1v) is 6.20. The van der Waals surface area contributed by atoms with Crippen LogP contribution in [0.15, 0.2) is 17.4 Å². The maximum Gasteiger partial charge on any atom is 0.288 e. The molecule has 1 aromatic rings. The summed E-state index contributed by atoms with van der Waals surface area (Å²) in [5.74, 6) is 0.404. The van der Waals surface area contributed by atoms with Crippen molar-refractivity contribution in [1.82, 2.24) is 4.98 Å². The summed E-state index contributed by atoms with van der Waals surface area (Å²) in [4.78, 5) is 13.9. The fourth-order valence-electron chi connectivity index (χ4n) is 1.55. The zero-order chi connectivity index (χ0) is 15.1. The number of nitro groups is 1. The highest BCUT2D eigenvalue weighted by atomic mass is 16.6. The van der Waals surface area contributed by atoms with Gasteiger partial charge in [0.25, 0.3) is 5.69 Å². The van der Waals surface area contributed by atoms with Crippen molar-refractivity contribution in [2.45, 2.75) is 26.7 Å². The molecule has 0 unspecified atom stereocenters. The molecule has 0 radical (unpaired) electrons. The largest absolute Gasteiger partial charge is 0.477 e. The van der Waals surface area contributed by atoms with E-state index in [4.69, 9.17) is 15.7 Å². The highest BCUT2D eigenvalue weighted by Crippen LogP contribution is 2.21. The summed E-state index contributed by atoms with van der Waals surface area (Å²) < 4.78 is 5.44. The molecule has 0 atom stereocenters. The van der Waals surface area contributed by atoms with Gasteiger partial charge in [0.1, 0.15) is 6.20 Å². The molecule has 1 rings (SSSR count). The number of pyridine rings is 1. The maximum atomic E-state index is 10.7. The van der Waals surface area contributed by atoms with Crippen molar-refractivity contribution in [2.24, 2.45) is 16.8 Å². The molecular formula is C12H18N4O4. The number of aromatic nitrogens is 1. The van der Waals surface area contributed by atoms with E-state index in [2.05, 4.69) is 24.0 Å². The van der Waals surface area contributed by atoms with Crippen LogP contribution in [0.25, 0.3) is 0 Å². The molecule has 0 amide bonds. The quantitative estimate of drug-likeness (QED) is 0.196. The zero-order valence-corrected chi connectivity index (χ0v) is 11.4. The van der Waals surface area contributed by atoms with Gasteiger partial charge in [0.15, 0.2) is 5.84 Å². The van der Waals surface area contributed by atoms with Crippen LogP contribution in [0, 0.1) is 16.0 Å². The molecule has 1 heterocycles. The number of amidine groups is 1. The van der Waals surface area contributed by atoms with Crippen LogP contribution >= 0.6 is 0 Å². The average molecular weight is 282 g/mol. The van der Waals surface area contributed by atoms with Crippen LogP contribution in [-0.2, 0) is 0 Å². The lowest BCUT2D eigenvalue weighted by molar-refractivity contribution is -0.385. The van der Waals surface area contributed by atoms with Gasteiger partial charge in [-0.2, -0.15) is 0 Å². The van der Waals surface area contributed by atoms with Crippen LogP contribution in [-0.4, -0.2) is 27.6 Å². The topological polar surface area (TPSA) is 124 Å². The summed E-state index contributed by atoms with van der Waals surface area (Å²) in [7, 11) is 0. The number of hydrogen-bond donors (Lipinski definition) is 2. The first-order chi connectivity index (χ1) is 9.45. The van der Waals surface area contributed by atoms with Gasteiger partial charge in [-0.05, 0) is 18.8 Å². The van der Waals surface area contributed by atoms with Gasteiger partial charge in [-0.3, -0.25) is 10.1 Å². The molecule has 0 aliphatic rings. The van der Waals surface area contributed by atoms with Gasteiger partial charge >= 0.3 is 0 Å². The lowest BCUT2D eigenvalue weighted by atomic mass is 10.1. The first kappa shape index (κ1) is 15.7. The normalized spacial score (nSPS) is 11.7. The van der Waals surface area contributed by atoms with E-state index in [1.807, 2.05) is 0 Å². The lowest BCUT2D eigenvalue weighted by Crippen LogP contribution is -2.16. The second kappa shape index (κ2) is 7.27. The third kappa shape index (κ3) is 4.38. The molecule has 0 aromatic carbocycles. The van der Waals surface area contributed by atoms with Crippen molar-refractivity contribution < 1.29 is 14.9 Å². The van der Waals surface area contributed by atoms with Gasteiger partial charge in [-0.25, -0.2) is 4.98 Å². The van der Waals surface area contributed by atoms with Crippen molar-refractivity contribution in [2.75, 3.05) is 6.61 Å². The van der Waals surface area contributed by atoms with Crippen molar-refractivity contribution in [3.05, 3.63) is 27.9 Å². The molecule has 0 fully saturated rings. The minimum Gasteiger partial charge on any atom is -0.477 e. The highest BCUT2D eigenvalue weighted by molar-refractivity contribution is 5.99. The van der Waals surface area contributed by atoms with Gasteiger partial charge in [0.2, 0.25) is 5.88 Å². The molecule has 8 heteroatoms. The van der Waals surface area contributed by atoms with Crippen LogP contribution in [0.5, 0.6) is 5.88 Å². The smallest absolute Gasteiger partial charge is 0.288 e. The third-order valence-electron chi connectivity index (χ3n) is 2.60. The van der Waals surface area contributed by atoms with Gasteiger partial charge in [-0.15, -0.1) is 0 Å². The Balaban J connectivity index is 2.86. The maximum absolute atomic E-state index is 10.7. The van der Waals surface area contributed by atoms with E-state index in [1.54, 1.807) is 0 Å². The number of rotatable bonds is 7. The Labute approximate surface area is 116 Å². The minimum absolute atomic E-state index is 0.103. The lowest BCUT2D eigenvalue weighted by Gasteiger charge is -2.10. The van der Waals surface area contributed by atoms with Crippen molar-refractivity contribution >= 4 is 11.5 Å². The third-order valence-corrected chi connectivity index (χ3v) is 2.60. The summed E-state index contributed by atoms with van der Waals surface area (Å²) in [5.41, 5.74) is 5.33. The number of nitrogens with zero attached hydrogens (tertiary/aromatic N) is 3. The average Bonchev–Trinajstić information content (AvgIpc) is 2.42. The van der Waals surface area contributed by atoms with Crippen molar-refractivity contribution in [3.8, 4) is 5.88 Å². The summed E-state index contributed by atoms with van der Waals surface area (Å²) in [6, 6.07) is 1.17. The standard InChI is InChI=1S/C12H18N4O4/c1-8(2)4-3-5-20-12-10(11(13)15-17)6-9(7-14-12)16(18)19/h6-8,17H,3-5H2,1-2H3,(H2,13,15). The Morgan fingerprint density at radius 2 is 2.35 bits per heavy atom. The Hall–Kier alpha value is -2.38. The van der Waals surface area contributed by atoms with Crippen molar-refractivity contribution in [3.63, 3.8) is 0 Å². The fraction of sp³-hybridized carbons (Fsp3) is 0.500. The Morgan fingerprint density at radius 1 is 1.65 bits per heavy atom.